The second-order valence-corrected chi connectivity index (χ2v) is 10.5. The van der Waals surface area contributed by atoms with Gasteiger partial charge in [-0.25, -0.2) is 4.79 Å². The Morgan fingerprint density at radius 1 is 1.08 bits per heavy atom. The predicted molar refractivity (Wildman–Crippen MR) is 122 cm³/mol. The van der Waals surface area contributed by atoms with Crippen LogP contribution in [0, 0.1) is 5.41 Å². The Morgan fingerprint density at radius 3 is 2.36 bits per heavy atom. The molecule has 3 aliphatic rings. The lowest BCUT2D eigenvalue weighted by Crippen LogP contribution is -2.51. The Balaban J connectivity index is 1.37. The van der Waals surface area contributed by atoms with Crippen LogP contribution in [0.3, 0.4) is 0 Å². The Kier molecular flexibility index (Phi) is 6.71. The number of carbonyl (C=O) groups is 1. The number of aliphatic hydroxyl groups is 2. The molecule has 2 aromatic rings. The molecule has 3 heterocycles. The quantitative estimate of drug-likeness (QED) is 0.641. The summed E-state index contributed by atoms with van der Waals surface area (Å²) < 4.78 is 44.8. The number of benzene rings is 1. The minimum atomic E-state index is -4.41. The number of halogens is 3. The SMILES string of the molecule is O=C(N1CCC(O)CC1)N1CC(c2ccc(C(F)(F)F)cc2)CC(c2nc(CC3(CO)CC3)no2)C1. The summed E-state index contributed by atoms with van der Waals surface area (Å²) in [6.45, 7) is 1.72. The van der Waals surface area contributed by atoms with Gasteiger partial charge in [0.25, 0.3) is 0 Å². The summed E-state index contributed by atoms with van der Waals surface area (Å²) in [5, 5.41) is 23.5. The van der Waals surface area contributed by atoms with Crippen molar-refractivity contribution in [1.82, 2.24) is 19.9 Å². The standard InChI is InChI=1S/C25H31F3N4O4/c26-25(27,28)19-3-1-16(2-4-19)17-11-18(22-29-21(30-36-22)12-24(15-33)7-8-24)14-32(13-17)23(35)31-9-5-20(34)6-10-31/h1-4,17-18,20,33-34H,5-15H2. The monoisotopic (exact) mass is 508 g/mol. The lowest BCUT2D eigenvalue weighted by molar-refractivity contribution is -0.137. The van der Waals surface area contributed by atoms with Crippen LogP contribution in [-0.4, -0.2) is 75.1 Å². The van der Waals surface area contributed by atoms with E-state index in [0.29, 0.717) is 63.6 Å². The third-order valence-electron chi connectivity index (χ3n) is 7.82. The van der Waals surface area contributed by atoms with Crippen LogP contribution in [-0.2, 0) is 12.6 Å². The molecular weight excluding hydrogens is 477 g/mol. The van der Waals surface area contributed by atoms with E-state index >= 15 is 0 Å². The topological polar surface area (TPSA) is 103 Å². The van der Waals surface area contributed by atoms with Crippen molar-refractivity contribution in [3.05, 3.63) is 47.1 Å². The molecule has 8 nitrogen and oxygen atoms in total. The highest BCUT2D eigenvalue weighted by Crippen LogP contribution is 2.47. The molecular formula is C25H31F3N4O4. The highest BCUT2D eigenvalue weighted by molar-refractivity contribution is 5.75. The first-order valence-electron chi connectivity index (χ1n) is 12.5. The molecule has 1 aromatic carbocycles. The van der Waals surface area contributed by atoms with Gasteiger partial charge in [0.05, 0.1) is 17.6 Å². The van der Waals surface area contributed by atoms with Crippen molar-refractivity contribution in [2.24, 2.45) is 5.41 Å². The molecule has 1 saturated carbocycles. The van der Waals surface area contributed by atoms with Crippen LogP contribution in [0.25, 0.3) is 0 Å². The van der Waals surface area contributed by atoms with Gasteiger partial charge in [-0.3, -0.25) is 0 Å². The molecule has 196 valence electrons. The maximum absolute atomic E-state index is 13.4. The van der Waals surface area contributed by atoms with Crippen LogP contribution in [0.4, 0.5) is 18.0 Å². The van der Waals surface area contributed by atoms with Gasteiger partial charge in [-0.2, -0.15) is 18.2 Å². The number of rotatable bonds is 5. The van der Waals surface area contributed by atoms with Gasteiger partial charge in [-0.1, -0.05) is 17.3 Å². The van der Waals surface area contributed by atoms with E-state index in [2.05, 4.69) is 10.1 Å². The smallest absolute Gasteiger partial charge is 0.396 e. The van der Waals surface area contributed by atoms with Gasteiger partial charge in [0.2, 0.25) is 5.89 Å². The van der Waals surface area contributed by atoms with Crippen molar-refractivity contribution >= 4 is 6.03 Å². The van der Waals surface area contributed by atoms with Crippen molar-refractivity contribution < 1.29 is 32.7 Å². The van der Waals surface area contributed by atoms with Gasteiger partial charge in [0.15, 0.2) is 5.82 Å². The molecule has 2 saturated heterocycles. The van der Waals surface area contributed by atoms with Gasteiger partial charge in [-0.15, -0.1) is 0 Å². The van der Waals surface area contributed by atoms with Crippen molar-refractivity contribution in [3.8, 4) is 0 Å². The summed E-state index contributed by atoms with van der Waals surface area (Å²) in [5.41, 5.74) is -0.161. The molecule has 2 atom stereocenters. The zero-order valence-electron chi connectivity index (χ0n) is 20.0. The number of hydrogen-bond acceptors (Lipinski definition) is 6. The largest absolute Gasteiger partial charge is 0.416 e. The number of amides is 2. The zero-order valence-corrected chi connectivity index (χ0v) is 20.0. The normalized spacial score (nSPS) is 24.7. The first-order chi connectivity index (χ1) is 17.2. The van der Waals surface area contributed by atoms with Gasteiger partial charge >= 0.3 is 12.2 Å². The van der Waals surface area contributed by atoms with Crippen molar-refractivity contribution in [2.75, 3.05) is 32.8 Å². The van der Waals surface area contributed by atoms with Crippen LogP contribution >= 0.6 is 0 Å². The van der Waals surface area contributed by atoms with Crippen LogP contribution in [0.5, 0.6) is 0 Å². The number of nitrogens with zero attached hydrogens (tertiary/aromatic N) is 4. The molecule has 2 amide bonds. The number of carbonyl (C=O) groups excluding carboxylic acids is 1. The number of aliphatic hydroxyl groups excluding tert-OH is 2. The van der Waals surface area contributed by atoms with Crippen molar-refractivity contribution in [3.63, 3.8) is 0 Å². The van der Waals surface area contributed by atoms with Gasteiger partial charge in [-0.05, 0) is 49.8 Å². The third kappa shape index (κ3) is 5.36. The summed E-state index contributed by atoms with van der Waals surface area (Å²) in [7, 11) is 0. The minimum Gasteiger partial charge on any atom is -0.396 e. The first kappa shape index (κ1) is 25.0. The van der Waals surface area contributed by atoms with E-state index in [0.717, 1.165) is 30.5 Å². The molecule has 0 spiro atoms. The molecule has 5 rings (SSSR count). The van der Waals surface area contributed by atoms with E-state index < -0.39 is 17.8 Å². The van der Waals surface area contributed by atoms with E-state index in [1.54, 1.807) is 9.80 Å². The van der Waals surface area contributed by atoms with Gasteiger partial charge < -0.3 is 24.5 Å². The Bertz CT molecular complexity index is 1060. The van der Waals surface area contributed by atoms with E-state index in [4.69, 9.17) is 4.52 Å². The fourth-order valence-corrected chi connectivity index (χ4v) is 5.29. The fourth-order valence-electron chi connectivity index (χ4n) is 5.29. The molecule has 1 aliphatic carbocycles. The average molecular weight is 509 g/mol. The molecule has 2 unspecified atom stereocenters. The summed E-state index contributed by atoms with van der Waals surface area (Å²) in [5.74, 6) is 0.460. The highest BCUT2D eigenvalue weighted by atomic mass is 19.4. The summed E-state index contributed by atoms with van der Waals surface area (Å²) in [6.07, 6.45) is -0.868. The van der Waals surface area contributed by atoms with E-state index in [1.165, 1.54) is 12.1 Å². The summed E-state index contributed by atoms with van der Waals surface area (Å²) in [6, 6.07) is 4.96. The molecule has 2 N–H and O–H groups in total. The highest BCUT2D eigenvalue weighted by Gasteiger charge is 2.44. The van der Waals surface area contributed by atoms with Gasteiger partial charge in [0, 0.05) is 50.5 Å². The minimum absolute atomic E-state index is 0.0725. The van der Waals surface area contributed by atoms with Gasteiger partial charge in [0.1, 0.15) is 0 Å². The average Bonchev–Trinajstić information content (AvgIpc) is 3.50. The lowest BCUT2D eigenvalue weighted by atomic mass is 9.84. The summed E-state index contributed by atoms with van der Waals surface area (Å²) >= 11 is 0. The second-order valence-electron chi connectivity index (χ2n) is 10.5. The number of alkyl halides is 3. The number of piperidine rings is 2. The van der Waals surface area contributed by atoms with E-state index in [9.17, 15) is 28.2 Å². The maximum Gasteiger partial charge on any atom is 0.416 e. The van der Waals surface area contributed by atoms with E-state index in [-0.39, 0.29) is 29.9 Å². The molecule has 1 aromatic heterocycles. The number of hydrogen-bond donors (Lipinski definition) is 2. The molecule has 11 heteroatoms. The maximum atomic E-state index is 13.4. The molecule has 36 heavy (non-hydrogen) atoms. The van der Waals surface area contributed by atoms with Crippen LogP contribution < -0.4 is 0 Å². The number of likely N-dealkylation sites (tertiary alicyclic amines) is 2. The number of aromatic nitrogens is 2. The first-order valence-corrected chi connectivity index (χ1v) is 12.5. The molecule has 0 radical (unpaired) electrons. The second kappa shape index (κ2) is 9.66. The zero-order chi connectivity index (χ0) is 25.5. The fraction of sp³-hybridized carbons (Fsp3) is 0.640. The summed E-state index contributed by atoms with van der Waals surface area (Å²) in [4.78, 5) is 21.4. The van der Waals surface area contributed by atoms with Crippen molar-refractivity contribution in [2.45, 2.75) is 62.6 Å². The van der Waals surface area contributed by atoms with Crippen molar-refractivity contribution in [1.29, 1.82) is 0 Å². The Hall–Kier alpha value is -2.66. The van der Waals surface area contributed by atoms with Crippen LogP contribution in [0.2, 0.25) is 0 Å². The third-order valence-corrected chi connectivity index (χ3v) is 7.82. The Morgan fingerprint density at radius 2 is 1.75 bits per heavy atom. The number of urea groups is 1. The molecule has 2 aliphatic heterocycles. The van der Waals surface area contributed by atoms with Crippen LogP contribution in [0.15, 0.2) is 28.8 Å². The van der Waals surface area contributed by atoms with Crippen LogP contribution in [0.1, 0.15) is 66.8 Å². The molecule has 0 bridgehead atoms. The predicted octanol–water partition coefficient (Wildman–Crippen LogP) is 3.55. The lowest BCUT2D eigenvalue weighted by Gasteiger charge is -2.40. The molecule has 3 fully saturated rings. The Labute approximate surface area is 207 Å². The van der Waals surface area contributed by atoms with E-state index in [1.807, 2.05) is 0 Å².